The first-order valence-electron chi connectivity index (χ1n) is 15.9. The van der Waals surface area contributed by atoms with Gasteiger partial charge >= 0.3 is 0 Å². The fraction of sp³-hybridized carbons (Fsp3) is 0.486. The first-order chi connectivity index (χ1) is 21.9. The van der Waals surface area contributed by atoms with Gasteiger partial charge in [0.05, 0.1) is 24.8 Å². The van der Waals surface area contributed by atoms with Gasteiger partial charge in [-0.2, -0.15) is 0 Å². The Balaban J connectivity index is 1.78. The van der Waals surface area contributed by atoms with Gasteiger partial charge in [-0.15, -0.1) is 11.3 Å². The Morgan fingerprint density at radius 3 is 2.30 bits per heavy atom. The zero-order chi connectivity index (χ0) is 33.8. The van der Waals surface area contributed by atoms with E-state index in [2.05, 4.69) is 20.9 Å². The normalized spacial score (nSPS) is 13.9. The topological polar surface area (TPSA) is 144 Å². The highest BCUT2D eigenvalue weighted by Crippen LogP contribution is 2.17. The number of thiazole rings is 1. The Morgan fingerprint density at radius 1 is 0.978 bits per heavy atom. The molecule has 11 heteroatoms. The summed E-state index contributed by atoms with van der Waals surface area (Å²) in [6, 6.07) is 12.8. The summed E-state index contributed by atoms with van der Waals surface area (Å²) in [7, 11) is 1.70. The van der Waals surface area contributed by atoms with Crippen LogP contribution in [0, 0.1) is 19.8 Å². The molecule has 0 fully saturated rings. The van der Waals surface area contributed by atoms with E-state index < -0.39 is 30.2 Å². The molecular formula is C35H49N5O5S. The molecule has 0 aliphatic rings. The van der Waals surface area contributed by atoms with E-state index >= 15 is 0 Å². The van der Waals surface area contributed by atoms with Crippen molar-refractivity contribution in [1.29, 1.82) is 0 Å². The van der Waals surface area contributed by atoms with E-state index in [-0.39, 0.29) is 24.3 Å². The Morgan fingerprint density at radius 2 is 1.67 bits per heavy atom. The minimum atomic E-state index is -1.10. The van der Waals surface area contributed by atoms with E-state index in [0.29, 0.717) is 43.5 Å². The minimum Gasteiger partial charge on any atom is -0.391 e. The van der Waals surface area contributed by atoms with Crippen molar-refractivity contribution >= 4 is 29.1 Å². The summed E-state index contributed by atoms with van der Waals surface area (Å²) >= 11 is 1.49. The van der Waals surface area contributed by atoms with Gasteiger partial charge in [-0.25, -0.2) is 4.98 Å². The van der Waals surface area contributed by atoms with Crippen molar-refractivity contribution in [2.24, 2.45) is 5.92 Å². The Hall–Kier alpha value is -3.64. The van der Waals surface area contributed by atoms with Gasteiger partial charge in [0.2, 0.25) is 5.91 Å². The fourth-order valence-corrected chi connectivity index (χ4v) is 5.91. The van der Waals surface area contributed by atoms with Crippen molar-refractivity contribution in [3.8, 4) is 0 Å². The molecule has 0 bridgehead atoms. The summed E-state index contributed by atoms with van der Waals surface area (Å²) in [6.07, 6.45) is -0.608. The SMILES string of the molecule is CCCC(O)C(NC[C@@H](O)[C@H](Cc1ccccc1)NC(=O)c1cc(C)cc(C(=O)N(C)Cc2nc(C)cs2)c1)C(=O)NCC(C)C. The van der Waals surface area contributed by atoms with Crippen LogP contribution in [-0.4, -0.2) is 82.2 Å². The lowest BCUT2D eigenvalue weighted by molar-refractivity contribution is -0.126. The molecule has 2 unspecified atom stereocenters. The largest absolute Gasteiger partial charge is 0.391 e. The molecule has 0 saturated carbocycles. The second-order valence-corrected chi connectivity index (χ2v) is 13.3. The van der Waals surface area contributed by atoms with Crippen LogP contribution >= 0.6 is 11.3 Å². The van der Waals surface area contributed by atoms with Gasteiger partial charge in [-0.1, -0.05) is 57.5 Å². The molecule has 2 aromatic carbocycles. The molecule has 3 aromatic rings. The van der Waals surface area contributed by atoms with Crippen LogP contribution in [0.3, 0.4) is 0 Å². The molecule has 0 saturated heterocycles. The highest BCUT2D eigenvalue weighted by Gasteiger charge is 2.29. The third-order valence-electron chi connectivity index (χ3n) is 7.53. The number of aliphatic hydroxyl groups is 2. The van der Waals surface area contributed by atoms with E-state index in [1.165, 1.54) is 11.3 Å². The zero-order valence-electron chi connectivity index (χ0n) is 27.7. The highest BCUT2D eigenvalue weighted by molar-refractivity contribution is 7.09. The zero-order valence-corrected chi connectivity index (χ0v) is 28.6. The van der Waals surface area contributed by atoms with Crippen molar-refractivity contribution in [1.82, 2.24) is 25.8 Å². The van der Waals surface area contributed by atoms with Crippen LogP contribution in [0.5, 0.6) is 0 Å². The molecule has 46 heavy (non-hydrogen) atoms. The summed E-state index contributed by atoms with van der Waals surface area (Å²) in [5.74, 6) is -0.766. The molecule has 0 spiro atoms. The predicted octanol–water partition coefficient (Wildman–Crippen LogP) is 3.63. The average molecular weight is 652 g/mol. The lowest BCUT2D eigenvalue weighted by Crippen LogP contribution is -2.56. The van der Waals surface area contributed by atoms with Crippen LogP contribution in [0.15, 0.2) is 53.9 Å². The third kappa shape index (κ3) is 11.3. The molecule has 0 aliphatic heterocycles. The molecule has 250 valence electrons. The first-order valence-corrected chi connectivity index (χ1v) is 16.8. The van der Waals surface area contributed by atoms with Gasteiger partial charge in [-0.3, -0.25) is 14.4 Å². The Kier molecular flexibility index (Phi) is 14.3. The van der Waals surface area contributed by atoms with E-state index in [0.717, 1.165) is 21.8 Å². The number of carbonyl (C=O) groups excluding carboxylic acids is 3. The molecule has 0 radical (unpaired) electrons. The standard InChI is InChI=1S/C35H49N5O5S/c1-7-11-29(41)32(34(44)37-18-22(2)3)36-19-30(42)28(16-25-12-9-8-10-13-25)39-33(43)26-14-23(4)15-27(17-26)35(45)40(6)20-31-38-24(5)21-46-31/h8-10,12-15,17,21-22,28-30,32,36,41-42H,7,11,16,18-20H2,1-6H3,(H,37,44)(H,39,43)/t28-,29?,30+,32?/m0/s1. The third-order valence-corrected chi connectivity index (χ3v) is 8.49. The molecule has 5 N–H and O–H groups in total. The summed E-state index contributed by atoms with van der Waals surface area (Å²) in [4.78, 5) is 45.9. The quantitative estimate of drug-likeness (QED) is 0.150. The number of hydrogen-bond donors (Lipinski definition) is 5. The molecule has 4 atom stereocenters. The van der Waals surface area contributed by atoms with Gasteiger partial charge in [0.25, 0.3) is 11.8 Å². The van der Waals surface area contributed by atoms with Crippen LogP contribution < -0.4 is 16.0 Å². The van der Waals surface area contributed by atoms with Gasteiger partial charge in [0.15, 0.2) is 0 Å². The van der Waals surface area contributed by atoms with E-state index in [1.807, 2.05) is 70.3 Å². The van der Waals surface area contributed by atoms with Crippen molar-refractivity contribution in [2.45, 2.75) is 84.7 Å². The number of aromatic nitrogens is 1. The minimum absolute atomic E-state index is 0.0447. The molecule has 3 amide bonds. The van der Waals surface area contributed by atoms with Crippen LogP contribution in [0.1, 0.15) is 76.2 Å². The number of carbonyl (C=O) groups is 3. The number of hydrogen-bond acceptors (Lipinski definition) is 8. The Bertz CT molecular complexity index is 1430. The lowest BCUT2D eigenvalue weighted by atomic mass is 9.98. The number of rotatable bonds is 17. The molecular weight excluding hydrogens is 602 g/mol. The van der Waals surface area contributed by atoms with Crippen molar-refractivity contribution in [3.05, 3.63) is 86.9 Å². The number of aliphatic hydroxyl groups excluding tert-OH is 2. The van der Waals surface area contributed by atoms with Gasteiger partial charge in [0.1, 0.15) is 11.0 Å². The number of amides is 3. The summed E-state index contributed by atoms with van der Waals surface area (Å²) < 4.78 is 0. The summed E-state index contributed by atoms with van der Waals surface area (Å²) in [5, 5.41) is 33.8. The maximum atomic E-state index is 13.6. The maximum Gasteiger partial charge on any atom is 0.254 e. The number of aryl methyl sites for hydroxylation is 2. The van der Waals surface area contributed by atoms with Crippen molar-refractivity contribution < 1.29 is 24.6 Å². The second kappa shape index (κ2) is 17.9. The summed E-state index contributed by atoms with van der Waals surface area (Å²) in [6.45, 7) is 10.4. The first kappa shape index (κ1) is 36.8. The molecule has 10 nitrogen and oxygen atoms in total. The van der Waals surface area contributed by atoms with Gasteiger partial charge < -0.3 is 31.1 Å². The molecule has 3 rings (SSSR count). The molecule has 0 aliphatic carbocycles. The van der Waals surface area contributed by atoms with Crippen LogP contribution in [0.4, 0.5) is 0 Å². The lowest BCUT2D eigenvalue weighted by Gasteiger charge is -2.29. The average Bonchev–Trinajstić information content (AvgIpc) is 3.43. The summed E-state index contributed by atoms with van der Waals surface area (Å²) in [5.41, 5.74) is 3.23. The Labute approximate surface area is 276 Å². The van der Waals surface area contributed by atoms with Crippen LogP contribution in [0.25, 0.3) is 0 Å². The van der Waals surface area contributed by atoms with Gasteiger partial charge in [0, 0.05) is 42.3 Å². The van der Waals surface area contributed by atoms with Crippen LogP contribution in [-0.2, 0) is 17.8 Å². The van der Waals surface area contributed by atoms with Crippen molar-refractivity contribution in [2.75, 3.05) is 20.1 Å². The van der Waals surface area contributed by atoms with Crippen LogP contribution in [0.2, 0.25) is 0 Å². The second-order valence-electron chi connectivity index (χ2n) is 12.3. The monoisotopic (exact) mass is 651 g/mol. The number of benzene rings is 2. The van der Waals surface area contributed by atoms with Gasteiger partial charge in [-0.05, 0) is 61.9 Å². The van der Waals surface area contributed by atoms with E-state index in [4.69, 9.17) is 0 Å². The molecule has 1 heterocycles. The molecule has 1 aromatic heterocycles. The number of nitrogens with zero attached hydrogens (tertiary/aromatic N) is 2. The smallest absolute Gasteiger partial charge is 0.254 e. The predicted molar refractivity (Wildman–Crippen MR) is 182 cm³/mol. The van der Waals surface area contributed by atoms with E-state index in [9.17, 15) is 24.6 Å². The number of nitrogens with one attached hydrogen (secondary N) is 3. The highest BCUT2D eigenvalue weighted by atomic mass is 32.1. The fourth-order valence-electron chi connectivity index (χ4n) is 5.08. The van der Waals surface area contributed by atoms with E-state index in [1.54, 1.807) is 30.1 Å². The van der Waals surface area contributed by atoms with Crippen molar-refractivity contribution in [3.63, 3.8) is 0 Å². The maximum absolute atomic E-state index is 13.6.